The lowest BCUT2D eigenvalue weighted by Crippen LogP contribution is -2.36. The molecular weight excluding hydrogens is 406 g/mol. The zero-order valence-corrected chi connectivity index (χ0v) is 17.6. The molecule has 1 fully saturated rings. The van der Waals surface area contributed by atoms with Crippen molar-refractivity contribution in [3.63, 3.8) is 0 Å². The molecule has 0 aliphatic carbocycles. The van der Waals surface area contributed by atoms with Crippen LogP contribution in [-0.2, 0) is 4.74 Å². The van der Waals surface area contributed by atoms with Crippen LogP contribution in [0.1, 0.15) is 5.56 Å². The molecule has 1 saturated heterocycles. The van der Waals surface area contributed by atoms with E-state index < -0.39 is 0 Å². The molecule has 0 unspecified atom stereocenters. The Balaban J connectivity index is 1.48. The molecule has 0 saturated carbocycles. The second kappa shape index (κ2) is 8.90. The molecule has 0 atom stereocenters. The van der Waals surface area contributed by atoms with E-state index in [-0.39, 0.29) is 0 Å². The van der Waals surface area contributed by atoms with Crippen molar-refractivity contribution in [3.05, 3.63) is 59.2 Å². The number of nitrogen functional groups attached to an aromatic ring is 1. The molecule has 2 heterocycles. The number of aromatic nitrogens is 2. The van der Waals surface area contributed by atoms with E-state index >= 15 is 0 Å². The van der Waals surface area contributed by atoms with E-state index in [9.17, 15) is 0 Å². The molecule has 1 aliphatic rings. The summed E-state index contributed by atoms with van der Waals surface area (Å²) >= 11 is 7.81. The van der Waals surface area contributed by atoms with E-state index in [4.69, 9.17) is 22.1 Å². The van der Waals surface area contributed by atoms with Gasteiger partial charge in [-0.15, -0.1) is 0 Å². The summed E-state index contributed by atoms with van der Waals surface area (Å²) in [7, 11) is 0. The maximum atomic E-state index is 6.31. The van der Waals surface area contributed by atoms with E-state index in [1.807, 2.05) is 37.4 Å². The van der Waals surface area contributed by atoms with Gasteiger partial charge in [0.1, 0.15) is 5.03 Å². The minimum atomic E-state index is 0.545. The molecule has 0 radical (unpaired) electrons. The number of rotatable bonds is 5. The Labute approximate surface area is 179 Å². The van der Waals surface area contributed by atoms with Gasteiger partial charge in [0.25, 0.3) is 0 Å². The highest BCUT2D eigenvalue weighted by Crippen LogP contribution is 2.35. The summed E-state index contributed by atoms with van der Waals surface area (Å²) in [6, 6.07) is 13.8. The summed E-state index contributed by atoms with van der Waals surface area (Å²) in [5.74, 6) is 0.545. The van der Waals surface area contributed by atoms with E-state index in [2.05, 4.69) is 32.3 Å². The van der Waals surface area contributed by atoms with Crippen LogP contribution in [0.3, 0.4) is 0 Å². The quantitative estimate of drug-likeness (QED) is 0.449. The average Bonchev–Trinajstić information content (AvgIpc) is 2.73. The molecule has 0 amide bonds. The highest BCUT2D eigenvalue weighted by molar-refractivity contribution is 7.99. The number of morpholine rings is 1. The van der Waals surface area contributed by atoms with E-state index in [1.54, 1.807) is 6.07 Å². The number of hydrogen-bond donors (Lipinski definition) is 2. The Bertz CT molecular complexity index is 993. The van der Waals surface area contributed by atoms with E-state index in [1.165, 1.54) is 17.4 Å². The highest BCUT2D eigenvalue weighted by atomic mass is 35.5. The molecule has 29 heavy (non-hydrogen) atoms. The lowest BCUT2D eigenvalue weighted by Gasteiger charge is -2.28. The third-order valence-electron chi connectivity index (χ3n) is 4.59. The number of aryl methyl sites for hydroxylation is 1. The third-order valence-corrected chi connectivity index (χ3v) is 6.19. The normalized spacial score (nSPS) is 14.1. The van der Waals surface area contributed by atoms with Crippen LogP contribution >= 0.6 is 23.4 Å². The first-order valence-corrected chi connectivity index (χ1v) is 10.5. The molecule has 150 valence electrons. The van der Waals surface area contributed by atoms with Crippen molar-refractivity contribution in [1.82, 2.24) is 9.97 Å². The van der Waals surface area contributed by atoms with Crippen LogP contribution in [0.4, 0.5) is 23.0 Å². The first-order valence-electron chi connectivity index (χ1n) is 9.35. The summed E-state index contributed by atoms with van der Waals surface area (Å²) in [5.41, 5.74) is 9.53. The van der Waals surface area contributed by atoms with Crippen LogP contribution in [0, 0.1) is 6.92 Å². The van der Waals surface area contributed by atoms with Gasteiger partial charge in [0.15, 0.2) is 0 Å². The van der Waals surface area contributed by atoms with Gasteiger partial charge in [-0.25, -0.2) is 9.97 Å². The average molecular weight is 428 g/mol. The molecule has 4 rings (SSSR count). The number of halogens is 1. The maximum absolute atomic E-state index is 6.31. The number of benzene rings is 2. The van der Waals surface area contributed by atoms with Gasteiger partial charge in [-0.05, 0) is 49.4 Å². The van der Waals surface area contributed by atoms with Crippen molar-refractivity contribution in [2.75, 3.05) is 42.3 Å². The fourth-order valence-electron chi connectivity index (χ4n) is 3.00. The largest absolute Gasteiger partial charge is 0.399 e. The molecule has 3 N–H and O–H groups in total. The molecule has 8 heteroatoms. The monoisotopic (exact) mass is 427 g/mol. The molecule has 2 aromatic carbocycles. The van der Waals surface area contributed by atoms with Gasteiger partial charge in [0.2, 0.25) is 5.95 Å². The number of hydrogen-bond acceptors (Lipinski definition) is 7. The van der Waals surface area contributed by atoms with E-state index in [0.717, 1.165) is 47.5 Å². The van der Waals surface area contributed by atoms with Gasteiger partial charge in [0.05, 0.1) is 18.2 Å². The molecule has 0 spiro atoms. The van der Waals surface area contributed by atoms with Gasteiger partial charge >= 0.3 is 0 Å². The number of anilines is 4. The van der Waals surface area contributed by atoms with Crippen molar-refractivity contribution in [2.45, 2.75) is 16.8 Å². The molecule has 6 nitrogen and oxygen atoms in total. The second-order valence-electron chi connectivity index (χ2n) is 6.74. The van der Waals surface area contributed by atoms with Crippen LogP contribution in [-0.4, -0.2) is 36.3 Å². The van der Waals surface area contributed by atoms with Gasteiger partial charge in [-0.2, -0.15) is 0 Å². The first-order chi connectivity index (χ1) is 14.1. The molecule has 1 aromatic heterocycles. The number of ether oxygens (including phenoxy) is 1. The Kier molecular flexibility index (Phi) is 6.08. The summed E-state index contributed by atoms with van der Waals surface area (Å²) in [5, 5.41) is 4.74. The Hall–Kier alpha value is -2.48. The second-order valence-corrected chi connectivity index (χ2v) is 8.18. The Morgan fingerprint density at radius 1 is 1.14 bits per heavy atom. The van der Waals surface area contributed by atoms with Crippen LogP contribution in [0.15, 0.2) is 58.6 Å². The van der Waals surface area contributed by atoms with Gasteiger partial charge < -0.3 is 20.7 Å². The van der Waals surface area contributed by atoms with Crippen molar-refractivity contribution < 1.29 is 4.74 Å². The van der Waals surface area contributed by atoms with Gasteiger partial charge in [-0.1, -0.05) is 23.4 Å². The number of nitrogens with two attached hydrogens (primary N) is 1. The van der Waals surface area contributed by atoms with Gasteiger partial charge in [0, 0.05) is 46.8 Å². The lowest BCUT2D eigenvalue weighted by atomic mass is 10.2. The molecule has 3 aromatic rings. The number of nitrogens with zero attached hydrogens (tertiary/aromatic N) is 3. The standard InChI is InChI=1S/C21H22ClN5OS/c1-14-13-24-21(26-20(14)29-19-7-2-15(23)12-18(19)22)25-16-3-5-17(6-4-16)27-8-10-28-11-9-27/h2-7,12-13H,8-11,23H2,1H3,(H,24,25,26). The van der Waals surface area contributed by atoms with E-state index in [0.29, 0.717) is 16.7 Å². The fourth-order valence-corrected chi connectivity index (χ4v) is 4.15. The first kappa shape index (κ1) is 19.8. The molecule has 1 aliphatic heterocycles. The summed E-state index contributed by atoms with van der Waals surface area (Å²) in [4.78, 5) is 12.3. The zero-order chi connectivity index (χ0) is 20.2. The SMILES string of the molecule is Cc1cnc(Nc2ccc(N3CCOCC3)cc2)nc1Sc1ccc(N)cc1Cl. The van der Waals surface area contributed by atoms with Crippen molar-refractivity contribution in [3.8, 4) is 0 Å². The number of nitrogens with one attached hydrogen (secondary N) is 1. The predicted octanol–water partition coefficient (Wildman–Crippen LogP) is 4.75. The topological polar surface area (TPSA) is 76.3 Å². The van der Waals surface area contributed by atoms with Crippen LogP contribution < -0.4 is 16.0 Å². The third kappa shape index (κ3) is 4.93. The van der Waals surface area contributed by atoms with Crippen molar-refractivity contribution >= 4 is 46.4 Å². The zero-order valence-electron chi connectivity index (χ0n) is 16.1. The van der Waals surface area contributed by atoms with Crippen LogP contribution in [0.25, 0.3) is 0 Å². The summed E-state index contributed by atoms with van der Waals surface area (Å²) in [6.07, 6.45) is 1.81. The maximum Gasteiger partial charge on any atom is 0.228 e. The smallest absolute Gasteiger partial charge is 0.228 e. The molecular formula is C21H22ClN5OS. The highest BCUT2D eigenvalue weighted by Gasteiger charge is 2.12. The Morgan fingerprint density at radius 2 is 1.90 bits per heavy atom. The van der Waals surface area contributed by atoms with Crippen LogP contribution in [0.5, 0.6) is 0 Å². The predicted molar refractivity (Wildman–Crippen MR) is 120 cm³/mol. The minimum Gasteiger partial charge on any atom is -0.399 e. The van der Waals surface area contributed by atoms with Gasteiger partial charge in [-0.3, -0.25) is 0 Å². The lowest BCUT2D eigenvalue weighted by molar-refractivity contribution is 0.122. The summed E-state index contributed by atoms with van der Waals surface area (Å²) < 4.78 is 5.41. The Morgan fingerprint density at radius 3 is 2.62 bits per heavy atom. The molecule has 0 bridgehead atoms. The fraction of sp³-hybridized carbons (Fsp3) is 0.238. The summed E-state index contributed by atoms with van der Waals surface area (Å²) in [6.45, 7) is 5.37. The van der Waals surface area contributed by atoms with Crippen LogP contribution in [0.2, 0.25) is 5.02 Å². The van der Waals surface area contributed by atoms with Crippen molar-refractivity contribution in [2.24, 2.45) is 0 Å². The minimum absolute atomic E-state index is 0.545. The van der Waals surface area contributed by atoms with Crippen molar-refractivity contribution in [1.29, 1.82) is 0 Å².